The number of fused-ring (bicyclic) bond motifs is 3. The van der Waals surface area contributed by atoms with E-state index in [2.05, 4.69) is 4.90 Å². The van der Waals surface area contributed by atoms with Crippen molar-refractivity contribution in [1.82, 2.24) is 9.80 Å². The molecule has 9 nitrogen and oxygen atoms in total. The van der Waals surface area contributed by atoms with Crippen molar-refractivity contribution in [2.45, 2.75) is 69.4 Å². The number of likely N-dealkylation sites (tertiary alicyclic amines) is 1. The van der Waals surface area contributed by atoms with E-state index in [4.69, 9.17) is 0 Å². The molecule has 1 saturated heterocycles. The van der Waals surface area contributed by atoms with Gasteiger partial charge in [0.15, 0.2) is 0 Å². The van der Waals surface area contributed by atoms with Gasteiger partial charge in [-0.3, -0.25) is 19.7 Å². The number of hydrogen-bond acceptors (Lipinski definition) is 6. The van der Waals surface area contributed by atoms with Gasteiger partial charge in [-0.05, 0) is 112 Å². The monoisotopic (exact) mass is 586 g/mol. The number of carbonyl (C=O) groups is 2. The number of aliphatic hydroxyl groups is 1. The van der Waals surface area contributed by atoms with Crippen molar-refractivity contribution in [3.05, 3.63) is 69.3 Å². The highest BCUT2D eigenvalue weighted by molar-refractivity contribution is 6.09. The molecule has 5 fully saturated rings. The van der Waals surface area contributed by atoms with E-state index < -0.39 is 16.4 Å². The lowest BCUT2D eigenvalue weighted by Gasteiger charge is -2.58. The summed E-state index contributed by atoms with van der Waals surface area (Å²) in [6.45, 7) is 1.79. The van der Waals surface area contributed by atoms with E-state index >= 15 is 0 Å². The van der Waals surface area contributed by atoms with E-state index in [0.717, 1.165) is 66.8 Å². The van der Waals surface area contributed by atoms with Crippen molar-refractivity contribution >= 4 is 23.2 Å². The van der Waals surface area contributed by atoms with Crippen molar-refractivity contribution in [2.24, 2.45) is 23.2 Å². The van der Waals surface area contributed by atoms with Gasteiger partial charge in [0.1, 0.15) is 5.41 Å². The number of carbonyl (C=O) groups excluding carboxylic acids is 2. The fourth-order valence-corrected chi connectivity index (χ4v) is 10.0. The third-order valence-electron chi connectivity index (χ3n) is 11.3. The van der Waals surface area contributed by atoms with Crippen LogP contribution in [0.1, 0.15) is 74.1 Å². The third-order valence-corrected chi connectivity index (χ3v) is 11.3. The first-order chi connectivity index (χ1) is 20.6. The molecule has 8 rings (SSSR count). The summed E-state index contributed by atoms with van der Waals surface area (Å²) in [7, 11) is 4.00. The smallest absolute Gasteiger partial charge is 0.269 e. The summed E-state index contributed by atoms with van der Waals surface area (Å²) in [4.78, 5) is 46.3. The van der Waals surface area contributed by atoms with E-state index in [0.29, 0.717) is 18.7 Å². The first-order valence-electron chi connectivity index (χ1n) is 15.9. The maximum atomic E-state index is 15.0. The SMILES string of the molecule is CN(C)CCCN1C(=O)[C@@]2(c3ccc([N+](=O)[O-])cc3)CC(=O)N(CC34CC5CC(CC(C5)C3)C4)[C@@H]2c2ccc(CO)cc21. The Balaban J connectivity index is 1.36. The second kappa shape index (κ2) is 10.4. The first kappa shape index (κ1) is 28.5. The van der Waals surface area contributed by atoms with Gasteiger partial charge in [0.05, 0.1) is 17.6 Å². The Labute approximate surface area is 253 Å². The summed E-state index contributed by atoms with van der Waals surface area (Å²) in [5, 5.41) is 21.6. The van der Waals surface area contributed by atoms with Gasteiger partial charge < -0.3 is 19.8 Å². The minimum atomic E-state index is -1.18. The standard InChI is InChI=1S/C34H42N4O5/c1-35(2)10-3-11-36-29-15-22(20-39)4-9-28(29)31-34(32(36)41,26-5-7-27(8-6-26)38(42)43)19-30(40)37(31)21-33-16-23-12-24(17-33)14-25(13-23)18-33/h4-9,15,23-25,31,39H,3,10-14,16-21H2,1-2H3/t23?,24?,25?,31-,33?,34-/m1/s1. The number of nitro groups is 1. The van der Waals surface area contributed by atoms with Gasteiger partial charge in [0.25, 0.3) is 5.69 Å². The number of rotatable bonds is 9. The summed E-state index contributed by atoms with van der Waals surface area (Å²) < 4.78 is 0. The molecule has 0 unspecified atom stereocenters. The van der Waals surface area contributed by atoms with Crippen LogP contribution in [-0.2, 0) is 21.6 Å². The van der Waals surface area contributed by atoms with Gasteiger partial charge in [-0.2, -0.15) is 0 Å². The molecule has 2 atom stereocenters. The molecule has 2 amide bonds. The number of nitro benzene ring substituents is 1. The van der Waals surface area contributed by atoms with E-state index in [9.17, 15) is 24.8 Å². The van der Waals surface area contributed by atoms with Gasteiger partial charge in [0.2, 0.25) is 11.8 Å². The maximum absolute atomic E-state index is 15.0. The Bertz CT molecular complexity index is 1420. The lowest BCUT2D eigenvalue weighted by atomic mass is 9.49. The Hall–Kier alpha value is -3.30. The molecule has 2 aliphatic heterocycles. The molecule has 0 radical (unpaired) electrons. The van der Waals surface area contributed by atoms with Gasteiger partial charge in [-0.15, -0.1) is 0 Å². The predicted molar refractivity (Wildman–Crippen MR) is 162 cm³/mol. The van der Waals surface area contributed by atoms with Crippen LogP contribution < -0.4 is 4.90 Å². The van der Waals surface area contributed by atoms with Gasteiger partial charge in [0, 0.05) is 37.3 Å². The summed E-state index contributed by atoms with van der Waals surface area (Å²) in [6.07, 6.45) is 8.20. The van der Waals surface area contributed by atoms with Crippen LogP contribution in [-0.4, -0.2) is 65.4 Å². The zero-order valence-electron chi connectivity index (χ0n) is 25.2. The van der Waals surface area contributed by atoms with Crippen LogP contribution in [0.25, 0.3) is 0 Å². The molecule has 1 N–H and O–H groups in total. The fourth-order valence-electron chi connectivity index (χ4n) is 10.0. The van der Waals surface area contributed by atoms with Crippen LogP contribution in [0.15, 0.2) is 42.5 Å². The van der Waals surface area contributed by atoms with Crippen molar-refractivity contribution in [3.63, 3.8) is 0 Å². The molecule has 4 saturated carbocycles. The van der Waals surface area contributed by atoms with Crippen LogP contribution in [0.4, 0.5) is 11.4 Å². The predicted octanol–water partition coefficient (Wildman–Crippen LogP) is 4.81. The molecule has 6 aliphatic rings. The summed E-state index contributed by atoms with van der Waals surface area (Å²) >= 11 is 0. The molecule has 2 heterocycles. The molecule has 0 aromatic heterocycles. The van der Waals surface area contributed by atoms with Gasteiger partial charge in [-0.25, -0.2) is 0 Å². The van der Waals surface area contributed by atoms with Crippen molar-refractivity contribution in [1.29, 1.82) is 0 Å². The number of nitrogens with zero attached hydrogens (tertiary/aromatic N) is 4. The van der Waals surface area contributed by atoms with Crippen LogP contribution in [0.5, 0.6) is 0 Å². The molecule has 9 heteroatoms. The topological polar surface area (TPSA) is 107 Å². The largest absolute Gasteiger partial charge is 0.392 e. The van der Waals surface area contributed by atoms with Crippen molar-refractivity contribution < 1.29 is 19.6 Å². The van der Waals surface area contributed by atoms with E-state index in [-0.39, 0.29) is 35.9 Å². The summed E-state index contributed by atoms with van der Waals surface area (Å²) in [6, 6.07) is 11.6. The molecule has 43 heavy (non-hydrogen) atoms. The Morgan fingerprint density at radius 2 is 1.65 bits per heavy atom. The van der Waals surface area contributed by atoms with Crippen LogP contribution >= 0.6 is 0 Å². The van der Waals surface area contributed by atoms with Crippen LogP contribution in [0.3, 0.4) is 0 Å². The second-order valence-corrected chi connectivity index (χ2v) is 14.5. The molecule has 4 bridgehead atoms. The fraction of sp³-hybridized carbons (Fsp3) is 0.588. The minimum Gasteiger partial charge on any atom is -0.392 e. The number of benzene rings is 2. The highest BCUT2D eigenvalue weighted by atomic mass is 16.6. The third kappa shape index (κ3) is 4.58. The Morgan fingerprint density at radius 3 is 2.23 bits per heavy atom. The highest BCUT2D eigenvalue weighted by Crippen LogP contribution is 2.63. The average molecular weight is 587 g/mol. The quantitative estimate of drug-likeness (QED) is 0.334. The molecular formula is C34H42N4O5. The highest BCUT2D eigenvalue weighted by Gasteiger charge is 2.64. The molecule has 4 aliphatic carbocycles. The number of anilines is 1. The van der Waals surface area contributed by atoms with Crippen molar-refractivity contribution in [3.8, 4) is 0 Å². The van der Waals surface area contributed by atoms with E-state index in [1.165, 1.54) is 31.4 Å². The second-order valence-electron chi connectivity index (χ2n) is 14.5. The minimum absolute atomic E-state index is 0.0141. The van der Waals surface area contributed by atoms with Crippen LogP contribution in [0, 0.1) is 33.3 Å². The maximum Gasteiger partial charge on any atom is 0.269 e. The normalized spacial score (nSPS) is 32.5. The number of hydrogen-bond donors (Lipinski definition) is 1. The Morgan fingerprint density at radius 1 is 1.00 bits per heavy atom. The molecule has 228 valence electrons. The lowest BCUT2D eigenvalue weighted by Crippen LogP contribution is -2.56. The van der Waals surface area contributed by atoms with Gasteiger partial charge >= 0.3 is 0 Å². The van der Waals surface area contributed by atoms with Crippen molar-refractivity contribution in [2.75, 3.05) is 38.6 Å². The number of amides is 2. The summed E-state index contributed by atoms with van der Waals surface area (Å²) in [5.41, 5.74) is 1.95. The van der Waals surface area contributed by atoms with E-state index in [1.807, 2.05) is 42.1 Å². The Kier molecular flexibility index (Phi) is 6.89. The van der Waals surface area contributed by atoms with Gasteiger partial charge in [-0.1, -0.05) is 24.3 Å². The zero-order valence-corrected chi connectivity index (χ0v) is 25.2. The number of aliphatic hydroxyl groups excluding tert-OH is 1. The zero-order chi connectivity index (χ0) is 30.1. The lowest BCUT2D eigenvalue weighted by molar-refractivity contribution is -0.384. The summed E-state index contributed by atoms with van der Waals surface area (Å²) in [5.74, 6) is 2.07. The van der Waals surface area contributed by atoms with Crippen LogP contribution in [0.2, 0.25) is 0 Å². The molecule has 0 spiro atoms. The molecule has 2 aromatic carbocycles. The number of non-ortho nitro benzene ring substituents is 1. The average Bonchev–Trinajstić information content (AvgIpc) is 3.26. The first-order valence-corrected chi connectivity index (χ1v) is 15.9. The molecular weight excluding hydrogens is 544 g/mol. The molecule has 2 aromatic rings. The van der Waals surface area contributed by atoms with E-state index in [1.54, 1.807) is 12.1 Å².